The number of alkyl halides is 3. The Labute approximate surface area is 124 Å². The van der Waals surface area contributed by atoms with Crippen molar-refractivity contribution in [3.05, 3.63) is 69.2 Å². The Hall–Kier alpha value is -1.23. The summed E-state index contributed by atoms with van der Waals surface area (Å²) >= 11 is 11.9. The summed E-state index contributed by atoms with van der Waals surface area (Å²) in [7, 11) is 0. The monoisotopic (exact) mass is 319 g/mol. The fourth-order valence-electron chi connectivity index (χ4n) is 1.82. The summed E-state index contributed by atoms with van der Waals surface area (Å²) in [4.78, 5) is 0. The fraction of sp³-hybridized carbons (Fsp3) is 0.143. The van der Waals surface area contributed by atoms with Gasteiger partial charge in [0.25, 0.3) is 0 Å². The van der Waals surface area contributed by atoms with E-state index in [0.717, 1.165) is 12.1 Å². The predicted molar refractivity (Wildman–Crippen MR) is 73.9 cm³/mol. The molecule has 0 saturated carbocycles. The van der Waals surface area contributed by atoms with E-state index in [4.69, 9.17) is 28.9 Å². The zero-order valence-electron chi connectivity index (χ0n) is 10.1. The molecule has 6 heteroatoms. The zero-order chi connectivity index (χ0) is 14.9. The third-order valence-electron chi connectivity index (χ3n) is 2.91. The molecule has 0 fully saturated rings. The number of halogens is 5. The second-order valence-corrected chi connectivity index (χ2v) is 5.03. The van der Waals surface area contributed by atoms with Crippen molar-refractivity contribution in [2.75, 3.05) is 0 Å². The lowest BCUT2D eigenvalue weighted by atomic mass is 9.98. The number of hydrogen-bond acceptors (Lipinski definition) is 1. The molecule has 2 N–H and O–H groups in total. The van der Waals surface area contributed by atoms with E-state index in [1.807, 2.05) is 0 Å². The van der Waals surface area contributed by atoms with Crippen LogP contribution in [0.4, 0.5) is 13.2 Å². The topological polar surface area (TPSA) is 26.0 Å². The Morgan fingerprint density at radius 1 is 0.950 bits per heavy atom. The van der Waals surface area contributed by atoms with Crippen LogP contribution in [0.3, 0.4) is 0 Å². The van der Waals surface area contributed by atoms with Crippen molar-refractivity contribution in [1.82, 2.24) is 0 Å². The largest absolute Gasteiger partial charge is 0.416 e. The molecule has 2 aromatic carbocycles. The van der Waals surface area contributed by atoms with Gasteiger partial charge in [0.1, 0.15) is 0 Å². The minimum absolute atomic E-state index is 0.307. The van der Waals surface area contributed by atoms with Crippen LogP contribution in [0.15, 0.2) is 42.5 Å². The second-order valence-electron chi connectivity index (χ2n) is 4.24. The minimum Gasteiger partial charge on any atom is -0.320 e. The normalized spacial score (nSPS) is 13.3. The molecule has 2 aromatic rings. The maximum atomic E-state index is 12.5. The van der Waals surface area contributed by atoms with Crippen LogP contribution >= 0.6 is 23.2 Å². The maximum Gasteiger partial charge on any atom is 0.416 e. The van der Waals surface area contributed by atoms with E-state index in [9.17, 15) is 13.2 Å². The molecule has 1 unspecified atom stereocenters. The quantitative estimate of drug-likeness (QED) is 0.822. The van der Waals surface area contributed by atoms with E-state index in [1.165, 1.54) is 12.1 Å². The van der Waals surface area contributed by atoms with Gasteiger partial charge in [0, 0.05) is 0 Å². The lowest BCUT2D eigenvalue weighted by Gasteiger charge is -2.16. The van der Waals surface area contributed by atoms with Gasteiger partial charge < -0.3 is 5.73 Å². The predicted octanol–water partition coefficient (Wildman–Crippen LogP) is 5.06. The molecule has 1 atom stereocenters. The Balaban J connectivity index is 2.34. The first-order chi connectivity index (χ1) is 9.30. The van der Waals surface area contributed by atoms with Crippen LogP contribution in [-0.4, -0.2) is 0 Å². The van der Waals surface area contributed by atoms with Crippen LogP contribution in [-0.2, 0) is 6.18 Å². The molecule has 20 heavy (non-hydrogen) atoms. The standard InChI is InChI=1S/C14H10Cl2F3N/c15-11-3-1-2-10(12(11)16)13(20)8-4-6-9(7-5-8)14(17,18)19/h1-7,13H,20H2. The first kappa shape index (κ1) is 15.2. The second kappa shape index (κ2) is 5.64. The minimum atomic E-state index is -4.36. The van der Waals surface area contributed by atoms with E-state index in [1.54, 1.807) is 18.2 Å². The number of rotatable bonds is 2. The SMILES string of the molecule is NC(c1ccc(C(F)(F)F)cc1)c1cccc(Cl)c1Cl. The van der Waals surface area contributed by atoms with Gasteiger partial charge in [-0.15, -0.1) is 0 Å². The van der Waals surface area contributed by atoms with Gasteiger partial charge >= 0.3 is 6.18 Å². The lowest BCUT2D eigenvalue weighted by Crippen LogP contribution is -2.13. The number of benzene rings is 2. The van der Waals surface area contributed by atoms with Crippen LogP contribution in [0.25, 0.3) is 0 Å². The van der Waals surface area contributed by atoms with Gasteiger partial charge in [0.15, 0.2) is 0 Å². The van der Waals surface area contributed by atoms with Gasteiger partial charge in [-0.2, -0.15) is 13.2 Å². The molecular weight excluding hydrogens is 310 g/mol. The molecule has 0 saturated heterocycles. The Morgan fingerprint density at radius 2 is 1.55 bits per heavy atom. The average molecular weight is 320 g/mol. The summed E-state index contributed by atoms with van der Waals surface area (Å²) in [6.07, 6.45) is -4.36. The van der Waals surface area contributed by atoms with Crippen molar-refractivity contribution in [3.8, 4) is 0 Å². The van der Waals surface area contributed by atoms with Gasteiger partial charge in [-0.05, 0) is 29.3 Å². The summed E-state index contributed by atoms with van der Waals surface area (Å²) in [6, 6.07) is 9.02. The van der Waals surface area contributed by atoms with Gasteiger partial charge in [-0.25, -0.2) is 0 Å². The first-order valence-electron chi connectivity index (χ1n) is 5.67. The van der Waals surface area contributed by atoms with Crippen LogP contribution in [0, 0.1) is 0 Å². The molecule has 1 nitrogen and oxygen atoms in total. The van der Waals surface area contributed by atoms with Gasteiger partial charge in [-0.3, -0.25) is 0 Å². The van der Waals surface area contributed by atoms with Crippen molar-refractivity contribution in [2.45, 2.75) is 12.2 Å². The molecule has 0 amide bonds. The Bertz CT molecular complexity index is 609. The van der Waals surface area contributed by atoms with Crippen LogP contribution in [0.5, 0.6) is 0 Å². The molecule has 0 bridgehead atoms. The van der Waals surface area contributed by atoms with Gasteiger partial charge in [0.2, 0.25) is 0 Å². The highest BCUT2D eigenvalue weighted by atomic mass is 35.5. The molecule has 0 aliphatic heterocycles. The smallest absolute Gasteiger partial charge is 0.320 e. The van der Waals surface area contributed by atoms with Crippen LogP contribution < -0.4 is 5.73 Å². The summed E-state index contributed by atoms with van der Waals surface area (Å²) in [5, 5.41) is 0.660. The van der Waals surface area contributed by atoms with Crippen molar-refractivity contribution in [2.24, 2.45) is 5.73 Å². The highest BCUT2D eigenvalue weighted by molar-refractivity contribution is 6.42. The molecule has 0 aromatic heterocycles. The lowest BCUT2D eigenvalue weighted by molar-refractivity contribution is -0.137. The number of hydrogen-bond donors (Lipinski definition) is 1. The molecule has 0 radical (unpaired) electrons. The molecule has 0 heterocycles. The molecule has 106 valence electrons. The molecule has 2 rings (SSSR count). The van der Waals surface area contributed by atoms with Crippen molar-refractivity contribution < 1.29 is 13.2 Å². The van der Waals surface area contributed by atoms with Crippen LogP contribution in [0.1, 0.15) is 22.7 Å². The van der Waals surface area contributed by atoms with Gasteiger partial charge in [-0.1, -0.05) is 47.5 Å². The zero-order valence-corrected chi connectivity index (χ0v) is 11.6. The van der Waals surface area contributed by atoms with E-state index in [2.05, 4.69) is 0 Å². The van der Waals surface area contributed by atoms with Gasteiger partial charge in [0.05, 0.1) is 21.7 Å². The van der Waals surface area contributed by atoms with Crippen molar-refractivity contribution in [1.29, 1.82) is 0 Å². The van der Waals surface area contributed by atoms with Crippen molar-refractivity contribution in [3.63, 3.8) is 0 Å². The summed E-state index contributed by atoms with van der Waals surface area (Å²) in [5.74, 6) is 0. The highest BCUT2D eigenvalue weighted by Gasteiger charge is 2.30. The third-order valence-corrected chi connectivity index (χ3v) is 3.75. The maximum absolute atomic E-state index is 12.5. The first-order valence-corrected chi connectivity index (χ1v) is 6.43. The highest BCUT2D eigenvalue weighted by Crippen LogP contribution is 2.34. The summed E-state index contributed by atoms with van der Waals surface area (Å²) in [5.41, 5.74) is 6.40. The summed E-state index contributed by atoms with van der Waals surface area (Å²) in [6.45, 7) is 0. The van der Waals surface area contributed by atoms with E-state index in [-0.39, 0.29) is 0 Å². The third kappa shape index (κ3) is 3.08. The average Bonchev–Trinajstić information content (AvgIpc) is 2.40. The molecule has 0 spiro atoms. The van der Waals surface area contributed by atoms with Crippen molar-refractivity contribution >= 4 is 23.2 Å². The molecule has 0 aliphatic rings. The van der Waals surface area contributed by atoms with E-state index >= 15 is 0 Å². The fourth-order valence-corrected chi connectivity index (χ4v) is 2.25. The number of nitrogens with two attached hydrogens (primary N) is 1. The van der Waals surface area contributed by atoms with E-state index in [0.29, 0.717) is 21.2 Å². The molecule has 0 aliphatic carbocycles. The Kier molecular flexibility index (Phi) is 4.28. The summed E-state index contributed by atoms with van der Waals surface area (Å²) < 4.78 is 37.5. The van der Waals surface area contributed by atoms with E-state index < -0.39 is 17.8 Å². The Morgan fingerprint density at radius 3 is 2.10 bits per heavy atom. The van der Waals surface area contributed by atoms with Crippen LogP contribution in [0.2, 0.25) is 10.0 Å². The molecular formula is C14H10Cl2F3N.